The molecule has 0 spiro atoms. The van der Waals surface area contributed by atoms with Gasteiger partial charge in [0.15, 0.2) is 11.5 Å². The van der Waals surface area contributed by atoms with E-state index < -0.39 is 0 Å². The highest BCUT2D eigenvalue weighted by Crippen LogP contribution is 2.30. The summed E-state index contributed by atoms with van der Waals surface area (Å²) in [5.74, 6) is 1.21. The Kier molecular flexibility index (Phi) is 8.85. The molecule has 178 valence electrons. The standard InChI is InChI=1S/C26H29N3O5/c1-18-22(19(2)34-29-18)17-33-23-11-9-21(15-24(23)32-3)10-12-25(30)28-16-26(31)27-14-13-20-7-5-4-6-8-20/h4-12,15H,13-14,16-17H2,1-3H3,(H,27,31)(H,28,30)/b12-10+. The number of nitrogens with one attached hydrogen (secondary N) is 2. The Labute approximate surface area is 198 Å². The monoisotopic (exact) mass is 463 g/mol. The molecule has 2 aromatic carbocycles. The molecule has 0 radical (unpaired) electrons. The normalized spacial score (nSPS) is 10.8. The van der Waals surface area contributed by atoms with Crippen LogP contribution in [0.2, 0.25) is 0 Å². The molecule has 2 N–H and O–H groups in total. The van der Waals surface area contributed by atoms with Gasteiger partial charge in [-0.3, -0.25) is 9.59 Å². The number of methoxy groups -OCH3 is 1. The molecular formula is C26H29N3O5. The van der Waals surface area contributed by atoms with E-state index in [9.17, 15) is 9.59 Å². The fraction of sp³-hybridized carbons (Fsp3) is 0.269. The van der Waals surface area contributed by atoms with Crippen molar-refractivity contribution in [3.8, 4) is 11.5 Å². The van der Waals surface area contributed by atoms with E-state index in [-0.39, 0.29) is 18.4 Å². The number of hydrogen-bond acceptors (Lipinski definition) is 6. The largest absolute Gasteiger partial charge is 0.493 e. The van der Waals surface area contributed by atoms with Gasteiger partial charge in [0.25, 0.3) is 0 Å². The molecule has 0 unspecified atom stereocenters. The highest BCUT2D eigenvalue weighted by molar-refractivity contribution is 5.94. The van der Waals surface area contributed by atoms with Crippen molar-refractivity contribution in [2.75, 3.05) is 20.2 Å². The van der Waals surface area contributed by atoms with Crippen molar-refractivity contribution in [2.24, 2.45) is 0 Å². The molecule has 3 aromatic rings. The first kappa shape index (κ1) is 24.6. The number of carbonyl (C=O) groups excluding carboxylic acids is 2. The third-order valence-electron chi connectivity index (χ3n) is 5.17. The fourth-order valence-electron chi connectivity index (χ4n) is 3.22. The maximum Gasteiger partial charge on any atom is 0.244 e. The van der Waals surface area contributed by atoms with Crippen LogP contribution >= 0.6 is 0 Å². The Balaban J connectivity index is 1.45. The summed E-state index contributed by atoms with van der Waals surface area (Å²) in [6.45, 7) is 4.43. The first-order chi connectivity index (χ1) is 16.5. The third kappa shape index (κ3) is 7.23. The van der Waals surface area contributed by atoms with Crippen LogP contribution in [0.4, 0.5) is 0 Å². The summed E-state index contributed by atoms with van der Waals surface area (Å²) in [5.41, 5.74) is 3.58. The summed E-state index contributed by atoms with van der Waals surface area (Å²) in [6, 6.07) is 15.2. The smallest absolute Gasteiger partial charge is 0.244 e. The lowest BCUT2D eigenvalue weighted by Crippen LogP contribution is -2.37. The highest BCUT2D eigenvalue weighted by Gasteiger charge is 2.12. The molecule has 34 heavy (non-hydrogen) atoms. The number of amides is 2. The van der Waals surface area contributed by atoms with Gasteiger partial charge in [0.2, 0.25) is 11.8 Å². The lowest BCUT2D eigenvalue weighted by molar-refractivity contribution is -0.123. The van der Waals surface area contributed by atoms with Crippen molar-refractivity contribution in [1.82, 2.24) is 15.8 Å². The number of rotatable bonds is 11. The van der Waals surface area contributed by atoms with E-state index in [1.54, 1.807) is 25.3 Å². The van der Waals surface area contributed by atoms with Crippen LogP contribution in [0.25, 0.3) is 6.08 Å². The van der Waals surface area contributed by atoms with Crippen molar-refractivity contribution in [1.29, 1.82) is 0 Å². The van der Waals surface area contributed by atoms with Crippen LogP contribution in [0.1, 0.15) is 28.1 Å². The number of carbonyl (C=O) groups is 2. The zero-order valence-electron chi connectivity index (χ0n) is 19.6. The van der Waals surface area contributed by atoms with E-state index in [1.807, 2.05) is 50.2 Å². The number of aryl methyl sites for hydroxylation is 2. The Morgan fingerprint density at radius 3 is 2.56 bits per heavy atom. The van der Waals surface area contributed by atoms with Gasteiger partial charge in [0.1, 0.15) is 12.4 Å². The van der Waals surface area contributed by atoms with Crippen molar-refractivity contribution in [3.63, 3.8) is 0 Å². The lowest BCUT2D eigenvalue weighted by Gasteiger charge is -2.11. The zero-order chi connectivity index (χ0) is 24.3. The number of nitrogens with zero attached hydrogens (tertiary/aromatic N) is 1. The maximum atomic E-state index is 12.1. The summed E-state index contributed by atoms with van der Waals surface area (Å²) in [6.07, 6.45) is 3.75. The Morgan fingerprint density at radius 1 is 1.06 bits per heavy atom. The average Bonchev–Trinajstić information content (AvgIpc) is 3.17. The second kappa shape index (κ2) is 12.2. The predicted molar refractivity (Wildman–Crippen MR) is 129 cm³/mol. The molecule has 0 fully saturated rings. The number of benzene rings is 2. The van der Waals surface area contributed by atoms with E-state index in [0.29, 0.717) is 30.4 Å². The second-order valence-electron chi connectivity index (χ2n) is 7.64. The molecule has 1 aromatic heterocycles. The number of hydrogen-bond donors (Lipinski definition) is 2. The minimum atomic E-state index is -0.365. The van der Waals surface area contributed by atoms with Gasteiger partial charge in [0.05, 0.1) is 24.9 Å². The molecule has 8 nitrogen and oxygen atoms in total. The minimum Gasteiger partial charge on any atom is -0.493 e. The molecule has 0 saturated carbocycles. The molecule has 0 saturated heterocycles. The van der Waals surface area contributed by atoms with Gasteiger partial charge < -0.3 is 24.6 Å². The van der Waals surface area contributed by atoms with Crippen molar-refractivity contribution >= 4 is 17.9 Å². The molecular weight excluding hydrogens is 434 g/mol. The highest BCUT2D eigenvalue weighted by atomic mass is 16.5. The van der Waals surface area contributed by atoms with Gasteiger partial charge in [-0.15, -0.1) is 0 Å². The maximum absolute atomic E-state index is 12.1. The van der Waals surface area contributed by atoms with Gasteiger partial charge in [-0.05, 0) is 49.6 Å². The lowest BCUT2D eigenvalue weighted by atomic mass is 10.1. The predicted octanol–water partition coefficient (Wildman–Crippen LogP) is 3.37. The summed E-state index contributed by atoms with van der Waals surface area (Å²) in [4.78, 5) is 24.0. The van der Waals surface area contributed by atoms with E-state index in [4.69, 9.17) is 14.0 Å². The molecule has 3 rings (SSSR count). The van der Waals surface area contributed by atoms with Crippen LogP contribution < -0.4 is 20.1 Å². The summed E-state index contributed by atoms with van der Waals surface area (Å²) in [7, 11) is 1.55. The van der Waals surface area contributed by atoms with Crippen molar-refractivity contribution in [3.05, 3.63) is 82.8 Å². The van der Waals surface area contributed by atoms with Crippen LogP contribution in [-0.4, -0.2) is 37.2 Å². The molecule has 8 heteroatoms. The van der Waals surface area contributed by atoms with Gasteiger partial charge >= 0.3 is 0 Å². The summed E-state index contributed by atoms with van der Waals surface area (Å²) in [5, 5.41) is 9.29. The SMILES string of the molecule is COc1cc(/C=C/C(=O)NCC(=O)NCCc2ccccc2)ccc1OCc1c(C)noc1C. The Bertz CT molecular complexity index is 1120. The van der Waals surface area contributed by atoms with Gasteiger partial charge in [-0.2, -0.15) is 0 Å². The van der Waals surface area contributed by atoms with E-state index in [2.05, 4.69) is 15.8 Å². The van der Waals surface area contributed by atoms with E-state index in [0.717, 1.165) is 28.8 Å². The van der Waals surface area contributed by atoms with Gasteiger partial charge in [-0.25, -0.2) is 0 Å². The summed E-state index contributed by atoms with van der Waals surface area (Å²) >= 11 is 0. The molecule has 0 bridgehead atoms. The first-order valence-corrected chi connectivity index (χ1v) is 11.0. The molecule has 0 aliphatic heterocycles. The van der Waals surface area contributed by atoms with E-state index in [1.165, 1.54) is 6.08 Å². The van der Waals surface area contributed by atoms with Gasteiger partial charge in [-0.1, -0.05) is 41.6 Å². The minimum absolute atomic E-state index is 0.0875. The Hall–Kier alpha value is -4.07. The van der Waals surface area contributed by atoms with Crippen LogP contribution in [0.5, 0.6) is 11.5 Å². The second-order valence-corrected chi connectivity index (χ2v) is 7.64. The van der Waals surface area contributed by atoms with Gasteiger partial charge in [0, 0.05) is 12.6 Å². The van der Waals surface area contributed by atoms with Crippen molar-refractivity contribution < 1.29 is 23.6 Å². The van der Waals surface area contributed by atoms with Crippen LogP contribution in [0.15, 0.2) is 59.1 Å². The van der Waals surface area contributed by atoms with Crippen molar-refractivity contribution in [2.45, 2.75) is 26.9 Å². The molecule has 2 amide bonds. The first-order valence-electron chi connectivity index (χ1n) is 11.0. The topological polar surface area (TPSA) is 103 Å². The van der Waals surface area contributed by atoms with Crippen LogP contribution in [0, 0.1) is 13.8 Å². The average molecular weight is 464 g/mol. The third-order valence-corrected chi connectivity index (χ3v) is 5.17. The summed E-state index contributed by atoms with van der Waals surface area (Å²) < 4.78 is 16.4. The molecule has 0 aliphatic carbocycles. The van der Waals surface area contributed by atoms with E-state index >= 15 is 0 Å². The molecule has 1 heterocycles. The molecule has 0 atom stereocenters. The Morgan fingerprint density at radius 2 is 1.85 bits per heavy atom. The zero-order valence-corrected chi connectivity index (χ0v) is 19.6. The van der Waals surface area contributed by atoms with Crippen LogP contribution in [0.3, 0.4) is 0 Å². The number of ether oxygens (including phenoxy) is 2. The number of aromatic nitrogens is 1. The fourth-order valence-corrected chi connectivity index (χ4v) is 3.22. The van der Waals surface area contributed by atoms with Crippen LogP contribution in [-0.2, 0) is 22.6 Å². The molecule has 0 aliphatic rings. The quantitative estimate of drug-likeness (QED) is 0.423.